The van der Waals surface area contributed by atoms with Gasteiger partial charge in [-0.3, -0.25) is 4.79 Å². The number of hydrogen-bond donors (Lipinski definition) is 0. The third kappa shape index (κ3) is 8.44. The number of carbonyl (C=O) groups excluding carboxylic acids is 1. The van der Waals surface area contributed by atoms with Gasteiger partial charge >= 0.3 is 5.97 Å². The van der Waals surface area contributed by atoms with E-state index in [1.54, 1.807) is 27.7 Å². The summed E-state index contributed by atoms with van der Waals surface area (Å²) in [4.78, 5) is 12.0. The SMILES string of the molecule is CCN(C[C@@H](COC(=O)C(C)(C)C)O[C@@H](C)C(C)(C)C)S(C)(=O)=O. The van der Waals surface area contributed by atoms with Crippen molar-refractivity contribution >= 4 is 16.0 Å². The first kappa shape index (κ1) is 23.3. The first-order valence-corrected chi connectivity index (χ1v) is 10.2. The minimum absolute atomic E-state index is 0.0303. The number of hydrogen-bond acceptors (Lipinski definition) is 5. The molecule has 24 heavy (non-hydrogen) atoms. The van der Waals surface area contributed by atoms with E-state index in [2.05, 4.69) is 0 Å². The Morgan fingerprint density at radius 3 is 1.96 bits per heavy atom. The number of nitrogens with zero attached hydrogens (tertiary/aromatic N) is 1. The summed E-state index contributed by atoms with van der Waals surface area (Å²) in [6.07, 6.45) is 0.538. The van der Waals surface area contributed by atoms with E-state index in [0.29, 0.717) is 6.54 Å². The van der Waals surface area contributed by atoms with Crippen molar-refractivity contribution in [1.29, 1.82) is 0 Å². The van der Waals surface area contributed by atoms with Crippen molar-refractivity contribution in [2.75, 3.05) is 26.0 Å². The zero-order valence-corrected chi connectivity index (χ0v) is 17.5. The molecule has 2 atom stereocenters. The average molecular weight is 366 g/mol. The molecule has 7 heteroatoms. The first-order chi connectivity index (χ1) is 10.6. The molecule has 0 saturated carbocycles. The zero-order chi connectivity index (χ0) is 19.3. The van der Waals surface area contributed by atoms with E-state index >= 15 is 0 Å². The maximum atomic E-state index is 12.0. The lowest BCUT2D eigenvalue weighted by molar-refractivity contribution is -0.160. The molecule has 0 N–H and O–H groups in total. The second kappa shape index (κ2) is 8.63. The molecule has 0 aromatic rings. The molecule has 0 fully saturated rings. The van der Waals surface area contributed by atoms with E-state index in [4.69, 9.17) is 9.47 Å². The summed E-state index contributed by atoms with van der Waals surface area (Å²) in [6, 6.07) is 0. The maximum absolute atomic E-state index is 12.0. The second-order valence-electron chi connectivity index (χ2n) is 8.33. The van der Waals surface area contributed by atoms with Gasteiger partial charge in [0.2, 0.25) is 10.0 Å². The highest BCUT2D eigenvalue weighted by atomic mass is 32.2. The van der Waals surface area contributed by atoms with Crippen LogP contribution in [-0.2, 0) is 24.3 Å². The van der Waals surface area contributed by atoms with Crippen LogP contribution in [0.25, 0.3) is 0 Å². The van der Waals surface area contributed by atoms with Gasteiger partial charge in [-0.25, -0.2) is 8.42 Å². The fraction of sp³-hybridized carbons (Fsp3) is 0.941. The minimum atomic E-state index is -3.34. The van der Waals surface area contributed by atoms with Crippen LogP contribution in [0.15, 0.2) is 0 Å². The molecule has 0 aromatic heterocycles. The van der Waals surface area contributed by atoms with Crippen LogP contribution in [0.4, 0.5) is 0 Å². The fourth-order valence-corrected chi connectivity index (χ4v) is 2.65. The average Bonchev–Trinajstić information content (AvgIpc) is 2.37. The van der Waals surface area contributed by atoms with Gasteiger partial charge in [0, 0.05) is 13.1 Å². The van der Waals surface area contributed by atoms with Crippen molar-refractivity contribution in [1.82, 2.24) is 4.31 Å². The molecule has 0 aromatic carbocycles. The quantitative estimate of drug-likeness (QED) is 0.618. The van der Waals surface area contributed by atoms with Crippen LogP contribution in [0.5, 0.6) is 0 Å². The normalized spacial score (nSPS) is 16.1. The largest absolute Gasteiger partial charge is 0.462 e. The van der Waals surface area contributed by atoms with Crippen LogP contribution in [0, 0.1) is 10.8 Å². The van der Waals surface area contributed by atoms with E-state index < -0.39 is 21.5 Å². The lowest BCUT2D eigenvalue weighted by Gasteiger charge is -2.33. The van der Waals surface area contributed by atoms with E-state index in [9.17, 15) is 13.2 Å². The summed E-state index contributed by atoms with van der Waals surface area (Å²) in [5.41, 5.74) is -0.712. The molecular weight excluding hydrogens is 330 g/mol. The summed E-state index contributed by atoms with van der Waals surface area (Å²) in [7, 11) is -3.34. The van der Waals surface area contributed by atoms with Gasteiger partial charge in [0.15, 0.2) is 0 Å². The molecule has 0 aliphatic carbocycles. The molecule has 0 heterocycles. The Hall–Kier alpha value is -0.660. The highest BCUT2D eigenvalue weighted by Crippen LogP contribution is 2.24. The Labute approximate surface area is 147 Å². The number of rotatable bonds is 8. The Bertz CT molecular complexity index is 502. The standard InChI is InChI=1S/C17H35NO5S/c1-10-18(24(9,20)21)11-14(23-13(2)16(3,4)5)12-22-15(19)17(6,7)8/h13-14H,10-12H2,1-9H3/t13-,14-/m0/s1. The van der Waals surface area contributed by atoms with Crippen LogP contribution >= 0.6 is 0 Å². The van der Waals surface area contributed by atoms with Crippen molar-refractivity contribution in [3.05, 3.63) is 0 Å². The Kier molecular flexibility index (Phi) is 8.39. The van der Waals surface area contributed by atoms with Crippen molar-refractivity contribution in [3.8, 4) is 0 Å². The van der Waals surface area contributed by atoms with Gasteiger partial charge in [0.05, 0.1) is 17.8 Å². The van der Waals surface area contributed by atoms with Crippen LogP contribution in [0.2, 0.25) is 0 Å². The molecule has 0 rings (SSSR count). The van der Waals surface area contributed by atoms with E-state index in [1.165, 1.54) is 10.6 Å². The van der Waals surface area contributed by atoms with Crippen LogP contribution in [0.3, 0.4) is 0 Å². The predicted molar refractivity (Wildman–Crippen MR) is 96.3 cm³/mol. The smallest absolute Gasteiger partial charge is 0.311 e. The van der Waals surface area contributed by atoms with Gasteiger partial charge in [-0.1, -0.05) is 27.7 Å². The number of likely N-dealkylation sites (N-methyl/N-ethyl adjacent to an activating group) is 1. The summed E-state index contributed by atoms with van der Waals surface area (Å²) < 4.78 is 36.4. The highest BCUT2D eigenvalue weighted by molar-refractivity contribution is 7.88. The summed E-state index contributed by atoms with van der Waals surface area (Å²) in [5, 5.41) is 0. The zero-order valence-electron chi connectivity index (χ0n) is 16.7. The van der Waals surface area contributed by atoms with Gasteiger partial charge in [-0.2, -0.15) is 4.31 Å². The van der Waals surface area contributed by atoms with Crippen LogP contribution < -0.4 is 0 Å². The molecule has 0 bridgehead atoms. The Balaban J connectivity index is 5.12. The molecule has 0 amide bonds. The molecule has 0 aliphatic rings. The molecule has 6 nitrogen and oxygen atoms in total. The van der Waals surface area contributed by atoms with E-state index in [0.717, 1.165) is 0 Å². The lowest BCUT2D eigenvalue weighted by Crippen LogP contribution is -2.43. The summed E-state index contributed by atoms with van der Waals surface area (Å²) in [6.45, 7) is 15.7. The number of carbonyl (C=O) groups is 1. The molecule has 0 unspecified atom stereocenters. The Morgan fingerprint density at radius 2 is 1.62 bits per heavy atom. The molecule has 0 aliphatic heterocycles. The third-order valence-corrected chi connectivity index (χ3v) is 5.20. The number of sulfonamides is 1. The van der Waals surface area contributed by atoms with Gasteiger partial charge in [-0.15, -0.1) is 0 Å². The molecule has 0 radical (unpaired) electrons. The van der Waals surface area contributed by atoms with Crippen molar-refractivity contribution in [3.63, 3.8) is 0 Å². The molecule has 0 saturated heterocycles. The Morgan fingerprint density at radius 1 is 1.12 bits per heavy atom. The minimum Gasteiger partial charge on any atom is -0.462 e. The maximum Gasteiger partial charge on any atom is 0.311 e. The van der Waals surface area contributed by atoms with Gasteiger partial charge in [0.25, 0.3) is 0 Å². The topological polar surface area (TPSA) is 72.9 Å². The number of ether oxygens (including phenoxy) is 2. The number of esters is 1. The fourth-order valence-electron chi connectivity index (χ4n) is 1.74. The summed E-state index contributed by atoms with van der Waals surface area (Å²) >= 11 is 0. The van der Waals surface area contributed by atoms with Crippen molar-refractivity contribution in [2.45, 2.75) is 67.6 Å². The third-order valence-electron chi connectivity index (χ3n) is 3.86. The van der Waals surface area contributed by atoms with Crippen molar-refractivity contribution < 1.29 is 22.7 Å². The van der Waals surface area contributed by atoms with Gasteiger partial charge in [0.1, 0.15) is 12.7 Å². The van der Waals surface area contributed by atoms with Crippen molar-refractivity contribution in [2.24, 2.45) is 10.8 Å². The first-order valence-electron chi connectivity index (χ1n) is 8.36. The summed E-state index contributed by atoms with van der Waals surface area (Å²) in [5.74, 6) is -0.332. The molecule has 0 spiro atoms. The van der Waals surface area contributed by atoms with Crippen LogP contribution in [0.1, 0.15) is 55.4 Å². The predicted octanol–water partition coefficient (Wildman–Crippen LogP) is 2.68. The van der Waals surface area contributed by atoms with E-state index in [-0.39, 0.29) is 30.6 Å². The molecule has 144 valence electrons. The van der Waals surface area contributed by atoms with Gasteiger partial charge < -0.3 is 9.47 Å². The lowest BCUT2D eigenvalue weighted by atomic mass is 9.90. The van der Waals surface area contributed by atoms with Crippen LogP contribution in [-0.4, -0.2) is 56.9 Å². The molecular formula is C17H35NO5S. The van der Waals surface area contributed by atoms with E-state index in [1.807, 2.05) is 27.7 Å². The monoisotopic (exact) mass is 365 g/mol. The second-order valence-corrected chi connectivity index (χ2v) is 10.3. The van der Waals surface area contributed by atoms with Gasteiger partial charge in [-0.05, 0) is 33.1 Å². The highest BCUT2D eigenvalue weighted by Gasteiger charge is 2.30.